The molecule has 0 aliphatic heterocycles. The van der Waals surface area contributed by atoms with E-state index < -0.39 is 12.0 Å². The number of ether oxygens (including phenoxy) is 1. The van der Waals surface area contributed by atoms with Gasteiger partial charge in [0.2, 0.25) is 0 Å². The third kappa shape index (κ3) is 5.59. The number of aryl methyl sites for hydroxylation is 1. The summed E-state index contributed by atoms with van der Waals surface area (Å²) in [5.74, 6) is 0.0607. The van der Waals surface area contributed by atoms with Gasteiger partial charge >= 0.3 is 5.97 Å². The zero-order valence-corrected chi connectivity index (χ0v) is 18.2. The normalized spacial score (nSPS) is 11.7. The first-order valence-corrected chi connectivity index (χ1v) is 11.2. The molecule has 0 aliphatic rings. The minimum absolute atomic E-state index is 0.272. The topological polar surface area (TPSA) is 55.4 Å². The molecule has 0 saturated heterocycles. The van der Waals surface area contributed by atoms with E-state index in [1.54, 1.807) is 11.8 Å². The summed E-state index contributed by atoms with van der Waals surface area (Å²) in [6.45, 7) is 2.02. The van der Waals surface area contributed by atoms with Crippen LogP contribution in [0.5, 0.6) is 0 Å². The van der Waals surface area contributed by atoms with Crippen molar-refractivity contribution in [1.29, 1.82) is 0 Å². The maximum atomic E-state index is 13.0. The van der Waals surface area contributed by atoms with Crippen LogP contribution in [0.3, 0.4) is 0 Å². The van der Waals surface area contributed by atoms with Gasteiger partial charge in [-0.2, -0.15) is 11.8 Å². The monoisotopic (exact) mass is 449 g/mol. The zero-order chi connectivity index (χ0) is 19.8. The Kier molecular flexibility index (Phi) is 8.38. The number of thioether (sulfide) groups is 1. The summed E-state index contributed by atoms with van der Waals surface area (Å²) >= 11 is 5.10. The van der Waals surface area contributed by atoms with Crippen LogP contribution in [0.2, 0.25) is 0 Å². The predicted molar refractivity (Wildman–Crippen MR) is 116 cm³/mol. The Balaban J connectivity index is 2.40. The van der Waals surface area contributed by atoms with Crippen molar-refractivity contribution in [2.24, 2.45) is 0 Å². The maximum Gasteiger partial charge on any atom is 0.328 e. The van der Waals surface area contributed by atoms with Crippen LogP contribution >= 0.6 is 27.7 Å². The molecule has 144 valence electrons. The summed E-state index contributed by atoms with van der Waals surface area (Å²) in [6, 6.07) is 13.1. The third-order valence-corrected chi connectivity index (χ3v) is 5.61. The highest BCUT2D eigenvalue weighted by Crippen LogP contribution is 2.29. The van der Waals surface area contributed by atoms with Gasteiger partial charge in [-0.25, -0.2) is 4.79 Å². The van der Waals surface area contributed by atoms with Crippen molar-refractivity contribution in [3.63, 3.8) is 0 Å². The van der Waals surface area contributed by atoms with E-state index in [4.69, 9.17) is 4.74 Å². The lowest BCUT2D eigenvalue weighted by molar-refractivity contribution is -0.142. The molecule has 0 radical (unpaired) electrons. The van der Waals surface area contributed by atoms with Gasteiger partial charge in [0.05, 0.1) is 7.11 Å². The molecule has 2 aromatic carbocycles. The van der Waals surface area contributed by atoms with Gasteiger partial charge in [-0.3, -0.25) is 4.79 Å². The first-order valence-electron chi connectivity index (χ1n) is 8.64. The predicted octanol–water partition coefficient (Wildman–Crippen LogP) is 4.58. The number of halogens is 1. The number of carbonyl (C=O) groups is 2. The van der Waals surface area contributed by atoms with Gasteiger partial charge in [-0.15, -0.1) is 0 Å². The van der Waals surface area contributed by atoms with Gasteiger partial charge in [-0.1, -0.05) is 46.3 Å². The molecule has 6 heteroatoms. The molecule has 1 atom stereocenters. The van der Waals surface area contributed by atoms with Crippen LogP contribution < -0.4 is 5.32 Å². The minimum Gasteiger partial charge on any atom is -0.467 e. The Bertz CT molecular complexity index is 810. The van der Waals surface area contributed by atoms with Gasteiger partial charge < -0.3 is 10.1 Å². The Morgan fingerprint density at radius 3 is 2.56 bits per heavy atom. The molecule has 2 aromatic rings. The Morgan fingerprint density at radius 2 is 1.93 bits per heavy atom. The lowest BCUT2D eigenvalue weighted by atomic mass is 9.94. The van der Waals surface area contributed by atoms with Crippen LogP contribution in [0.4, 0.5) is 0 Å². The van der Waals surface area contributed by atoms with Crippen LogP contribution in [0.1, 0.15) is 27.9 Å². The number of esters is 1. The van der Waals surface area contributed by atoms with Crippen molar-refractivity contribution in [2.45, 2.75) is 24.7 Å². The molecule has 27 heavy (non-hydrogen) atoms. The van der Waals surface area contributed by atoms with Gasteiger partial charge in [0.15, 0.2) is 0 Å². The molecule has 0 saturated carbocycles. The Labute approximate surface area is 173 Å². The van der Waals surface area contributed by atoms with E-state index in [9.17, 15) is 9.59 Å². The Hall–Kier alpha value is -1.79. The van der Waals surface area contributed by atoms with E-state index >= 15 is 0 Å². The van der Waals surface area contributed by atoms with Crippen LogP contribution in [-0.2, 0) is 14.9 Å². The Morgan fingerprint density at radius 1 is 1.19 bits per heavy atom. The van der Waals surface area contributed by atoms with E-state index in [-0.39, 0.29) is 5.91 Å². The molecule has 4 nitrogen and oxygen atoms in total. The number of carbonyl (C=O) groups excluding carboxylic acids is 2. The molecule has 0 bridgehead atoms. The fraction of sp³-hybridized carbons (Fsp3) is 0.333. The zero-order valence-electron chi connectivity index (χ0n) is 15.8. The molecule has 2 rings (SSSR count). The SMILES string of the molecule is COC(=O)[C@H](CCSC)NC(=O)c1ccc(CBr)cc1-c1ccccc1C. The second-order valence-electron chi connectivity index (χ2n) is 6.16. The van der Waals surface area contributed by atoms with Crippen molar-refractivity contribution in [1.82, 2.24) is 5.32 Å². The van der Waals surface area contributed by atoms with Crippen LogP contribution in [0, 0.1) is 6.92 Å². The van der Waals surface area contributed by atoms with Crippen molar-refractivity contribution in [3.8, 4) is 11.1 Å². The third-order valence-electron chi connectivity index (χ3n) is 4.32. The number of amides is 1. The van der Waals surface area contributed by atoms with Crippen molar-refractivity contribution in [2.75, 3.05) is 19.1 Å². The van der Waals surface area contributed by atoms with E-state index in [1.807, 2.05) is 55.6 Å². The van der Waals surface area contributed by atoms with Crippen molar-refractivity contribution < 1.29 is 14.3 Å². The number of nitrogens with one attached hydrogen (secondary N) is 1. The lowest BCUT2D eigenvalue weighted by Crippen LogP contribution is -2.42. The van der Waals surface area contributed by atoms with Gasteiger partial charge in [-0.05, 0) is 59.7 Å². The smallest absolute Gasteiger partial charge is 0.328 e. The maximum absolute atomic E-state index is 13.0. The van der Waals surface area contributed by atoms with Crippen LogP contribution in [0.25, 0.3) is 11.1 Å². The fourth-order valence-corrected chi connectivity index (χ4v) is 3.65. The molecule has 0 unspecified atom stereocenters. The van der Waals surface area contributed by atoms with Crippen LogP contribution in [0.15, 0.2) is 42.5 Å². The van der Waals surface area contributed by atoms with E-state index in [1.165, 1.54) is 7.11 Å². The van der Waals surface area contributed by atoms with Gasteiger partial charge in [0.25, 0.3) is 5.91 Å². The quantitative estimate of drug-likeness (QED) is 0.473. The highest BCUT2D eigenvalue weighted by molar-refractivity contribution is 9.08. The largest absolute Gasteiger partial charge is 0.467 e. The number of rotatable bonds is 8. The molecule has 0 spiro atoms. The number of hydrogen-bond acceptors (Lipinski definition) is 4. The average molecular weight is 450 g/mol. The highest BCUT2D eigenvalue weighted by Gasteiger charge is 2.23. The number of benzene rings is 2. The van der Waals surface area contributed by atoms with Crippen molar-refractivity contribution >= 4 is 39.6 Å². The molecule has 0 aromatic heterocycles. The molecule has 0 aliphatic carbocycles. The van der Waals surface area contributed by atoms with Crippen LogP contribution in [-0.4, -0.2) is 37.0 Å². The molecular weight excluding hydrogens is 426 g/mol. The standard InChI is InChI=1S/C21H24BrNO3S/c1-14-6-4-5-7-16(14)18-12-15(13-22)8-9-17(18)20(24)23-19(10-11-27-3)21(25)26-2/h4-9,12,19H,10-11,13H2,1-3H3,(H,23,24)/t19-/m0/s1. The lowest BCUT2D eigenvalue weighted by Gasteiger charge is -2.18. The molecule has 1 amide bonds. The highest BCUT2D eigenvalue weighted by atomic mass is 79.9. The number of hydrogen-bond donors (Lipinski definition) is 1. The fourth-order valence-electron chi connectivity index (χ4n) is 2.83. The first-order chi connectivity index (χ1) is 13.0. The molecular formula is C21H24BrNO3S. The minimum atomic E-state index is -0.657. The van der Waals surface area contributed by atoms with E-state index in [2.05, 4.69) is 21.2 Å². The summed E-state index contributed by atoms with van der Waals surface area (Å²) in [5.41, 5.74) is 4.58. The number of methoxy groups -OCH3 is 1. The summed E-state index contributed by atoms with van der Waals surface area (Å²) in [7, 11) is 1.34. The average Bonchev–Trinajstić information content (AvgIpc) is 2.70. The second-order valence-corrected chi connectivity index (χ2v) is 7.71. The van der Waals surface area contributed by atoms with E-state index in [0.717, 1.165) is 28.0 Å². The molecule has 0 fully saturated rings. The van der Waals surface area contributed by atoms with Gasteiger partial charge in [0, 0.05) is 10.9 Å². The van der Waals surface area contributed by atoms with E-state index in [0.29, 0.717) is 17.3 Å². The van der Waals surface area contributed by atoms with Gasteiger partial charge in [0.1, 0.15) is 6.04 Å². The summed E-state index contributed by atoms with van der Waals surface area (Å²) < 4.78 is 4.85. The number of alkyl halides is 1. The van der Waals surface area contributed by atoms with Crippen molar-refractivity contribution in [3.05, 3.63) is 59.2 Å². The summed E-state index contributed by atoms with van der Waals surface area (Å²) in [6.07, 6.45) is 2.49. The summed E-state index contributed by atoms with van der Waals surface area (Å²) in [5, 5.41) is 3.55. The second kappa shape index (κ2) is 10.5. The first kappa shape index (κ1) is 21.5. The summed E-state index contributed by atoms with van der Waals surface area (Å²) in [4.78, 5) is 25.0. The molecule has 0 heterocycles. The molecule has 1 N–H and O–H groups in total.